The number of nitrogens with zero attached hydrogens (tertiary/aromatic N) is 2. The van der Waals surface area contributed by atoms with Gasteiger partial charge in [0.05, 0.1) is 25.2 Å². The summed E-state index contributed by atoms with van der Waals surface area (Å²) in [4.78, 5) is 18.1. The lowest BCUT2D eigenvalue weighted by molar-refractivity contribution is -0.132. The van der Waals surface area contributed by atoms with Gasteiger partial charge in [0.25, 0.3) is 0 Å². The van der Waals surface area contributed by atoms with Crippen LogP contribution in [0.25, 0.3) is 0 Å². The van der Waals surface area contributed by atoms with Gasteiger partial charge in [0, 0.05) is 35.3 Å². The van der Waals surface area contributed by atoms with Crippen molar-refractivity contribution in [3.63, 3.8) is 0 Å². The number of rotatable bonds is 0. The number of hydrogen-bond acceptors (Lipinski definition) is 4. The molecule has 5 heterocycles. The Morgan fingerprint density at radius 1 is 1.31 bits per heavy atom. The summed E-state index contributed by atoms with van der Waals surface area (Å²) in [6.45, 7) is 2.88. The lowest BCUT2D eigenvalue weighted by Gasteiger charge is -2.58. The third kappa shape index (κ3) is 1.37. The molecule has 1 amide bonds. The quantitative estimate of drug-likeness (QED) is 0.572. The number of nitrogen functional groups attached to an aromatic ring is 1. The Morgan fingerprint density at radius 2 is 2.23 bits per heavy atom. The Labute approximate surface area is 152 Å². The van der Waals surface area contributed by atoms with E-state index in [9.17, 15) is 4.79 Å². The van der Waals surface area contributed by atoms with Crippen molar-refractivity contribution < 1.29 is 9.53 Å². The van der Waals surface area contributed by atoms with Gasteiger partial charge < -0.3 is 15.4 Å². The number of nitrogens with two attached hydrogens (primary N) is 1. The highest BCUT2D eigenvalue weighted by atomic mass is 16.5. The van der Waals surface area contributed by atoms with E-state index in [4.69, 9.17) is 10.5 Å². The molecular weight excluding hydrogens is 326 g/mol. The molecule has 1 saturated carbocycles. The third-order valence-corrected chi connectivity index (χ3v) is 8.33. The number of ether oxygens (including phenoxy) is 1. The second-order valence-corrected chi connectivity index (χ2v) is 9.04. The monoisotopic (exact) mass is 349 g/mol. The van der Waals surface area contributed by atoms with Crippen molar-refractivity contribution in [1.29, 1.82) is 0 Å². The van der Waals surface area contributed by atoms with Crippen LogP contribution in [0.1, 0.15) is 24.8 Å². The fourth-order valence-corrected chi connectivity index (χ4v) is 7.57. The van der Waals surface area contributed by atoms with Crippen LogP contribution in [0.3, 0.4) is 0 Å². The van der Waals surface area contributed by atoms with Crippen molar-refractivity contribution in [2.75, 3.05) is 30.3 Å². The molecule has 3 saturated heterocycles. The van der Waals surface area contributed by atoms with Crippen molar-refractivity contribution in [2.45, 2.75) is 42.9 Å². The Bertz CT molecular complexity index is 895. The molecule has 5 nitrogen and oxygen atoms in total. The molecule has 2 unspecified atom stereocenters. The highest BCUT2D eigenvalue weighted by Crippen LogP contribution is 2.65. The van der Waals surface area contributed by atoms with Crippen LogP contribution in [-0.4, -0.2) is 48.7 Å². The molecule has 6 atom stereocenters. The summed E-state index contributed by atoms with van der Waals surface area (Å²) in [7, 11) is 0. The van der Waals surface area contributed by atoms with E-state index in [1.807, 2.05) is 6.07 Å². The van der Waals surface area contributed by atoms with Crippen LogP contribution in [0.15, 0.2) is 29.8 Å². The minimum absolute atomic E-state index is 0.0411. The lowest BCUT2D eigenvalue weighted by atomic mass is 9.53. The first-order chi connectivity index (χ1) is 12.7. The zero-order valence-corrected chi connectivity index (χ0v) is 14.7. The largest absolute Gasteiger partial charge is 0.399 e. The van der Waals surface area contributed by atoms with Gasteiger partial charge in [-0.25, -0.2) is 0 Å². The van der Waals surface area contributed by atoms with Crippen LogP contribution in [0.5, 0.6) is 0 Å². The first-order valence-corrected chi connectivity index (χ1v) is 9.95. The topological polar surface area (TPSA) is 58.8 Å². The number of piperidine rings is 2. The van der Waals surface area contributed by atoms with Crippen molar-refractivity contribution in [2.24, 2.45) is 11.8 Å². The van der Waals surface area contributed by atoms with Gasteiger partial charge in [-0.3, -0.25) is 9.69 Å². The first kappa shape index (κ1) is 14.2. The minimum atomic E-state index is 0.0411. The maximum Gasteiger partial charge on any atom is 0.229 e. The zero-order chi connectivity index (χ0) is 17.2. The van der Waals surface area contributed by atoms with Crippen molar-refractivity contribution >= 4 is 17.3 Å². The van der Waals surface area contributed by atoms with E-state index >= 15 is 0 Å². The van der Waals surface area contributed by atoms with Gasteiger partial charge in [-0.1, -0.05) is 11.6 Å². The molecule has 1 spiro atoms. The average Bonchev–Trinajstić information content (AvgIpc) is 3.09. The molecule has 7 rings (SSSR count). The predicted molar refractivity (Wildman–Crippen MR) is 97.8 cm³/mol. The third-order valence-electron chi connectivity index (χ3n) is 8.33. The summed E-state index contributed by atoms with van der Waals surface area (Å²) in [6, 6.07) is 6.99. The molecule has 0 radical (unpaired) electrons. The van der Waals surface area contributed by atoms with E-state index in [2.05, 4.69) is 28.0 Å². The van der Waals surface area contributed by atoms with E-state index < -0.39 is 0 Å². The van der Waals surface area contributed by atoms with Gasteiger partial charge in [0.15, 0.2) is 0 Å². The van der Waals surface area contributed by atoms with Crippen LogP contribution in [0, 0.1) is 11.8 Å². The van der Waals surface area contributed by atoms with Crippen molar-refractivity contribution in [3.05, 3.63) is 35.4 Å². The van der Waals surface area contributed by atoms with E-state index in [1.165, 1.54) is 12.0 Å². The highest BCUT2D eigenvalue weighted by molar-refractivity contribution is 5.99. The predicted octanol–water partition coefficient (Wildman–Crippen LogP) is 1.67. The van der Waals surface area contributed by atoms with Gasteiger partial charge in [-0.2, -0.15) is 0 Å². The zero-order valence-electron chi connectivity index (χ0n) is 14.7. The maximum absolute atomic E-state index is 13.2. The van der Waals surface area contributed by atoms with Gasteiger partial charge >= 0.3 is 0 Å². The fraction of sp³-hybridized carbons (Fsp3) is 0.571. The summed E-state index contributed by atoms with van der Waals surface area (Å²) in [5.41, 5.74) is 11.1. The molecule has 4 fully saturated rings. The minimum Gasteiger partial charge on any atom is -0.399 e. The standard InChI is InChI=1S/C21H23N3O2/c22-12-1-2-15-14(7-12)21-4-5-23-10-11-3-6-26-16-9-18(25)24(15)20(21)19(16)13(11)8-17(21)23/h1-3,7,13,16-17,19-20H,4-6,8-10,22H2/t13-,16?,17-,19-,20?,21+/m0/s1. The second kappa shape index (κ2) is 4.34. The average molecular weight is 349 g/mol. The first-order valence-electron chi connectivity index (χ1n) is 9.95. The molecule has 5 heteroatoms. The van der Waals surface area contributed by atoms with Crippen LogP contribution >= 0.6 is 0 Å². The summed E-state index contributed by atoms with van der Waals surface area (Å²) >= 11 is 0. The SMILES string of the molecule is Nc1ccc2c(c1)[C@@]13CCN4CC5=CCOC6CC(=O)N2C1[C@H]6[C@H]5C[C@H]43. The number of hydrogen-bond donors (Lipinski definition) is 1. The Morgan fingerprint density at radius 3 is 3.15 bits per heavy atom. The molecule has 2 bridgehead atoms. The second-order valence-electron chi connectivity index (χ2n) is 9.04. The summed E-state index contributed by atoms with van der Waals surface area (Å²) in [6.07, 6.45) is 5.25. The molecule has 6 aliphatic rings. The molecule has 1 aliphatic carbocycles. The Kier molecular flexibility index (Phi) is 2.38. The lowest BCUT2D eigenvalue weighted by Crippen LogP contribution is -2.69. The van der Waals surface area contributed by atoms with E-state index in [-0.39, 0.29) is 23.5 Å². The number of carbonyl (C=O) groups excluding carboxylic acids is 1. The summed E-state index contributed by atoms with van der Waals surface area (Å²) in [5, 5.41) is 0. The molecule has 1 aromatic rings. The van der Waals surface area contributed by atoms with Crippen molar-refractivity contribution in [1.82, 2.24) is 4.90 Å². The fourth-order valence-electron chi connectivity index (χ4n) is 7.57. The van der Waals surface area contributed by atoms with Crippen LogP contribution in [0.4, 0.5) is 11.4 Å². The maximum atomic E-state index is 13.2. The number of anilines is 2. The summed E-state index contributed by atoms with van der Waals surface area (Å²) < 4.78 is 6.25. The van der Waals surface area contributed by atoms with E-state index in [0.717, 1.165) is 30.9 Å². The highest BCUT2D eigenvalue weighted by Gasteiger charge is 2.70. The van der Waals surface area contributed by atoms with Crippen LogP contribution in [0.2, 0.25) is 0 Å². The molecule has 5 aliphatic heterocycles. The smallest absolute Gasteiger partial charge is 0.229 e. The number of fused-ring (bicyclic) bond motifs is 2. The van der Waals surface area contributed by atoms with E-state index in [1.54, 1.807) is 5.57 Å². The van der Waals surface area contributed by atoms with E-state index in [0.29, 0.717) is 30.9 Å². The van der Waals surface area contributed by atoms with Crippen LogP contribution < -0.4 is 10.6 Å². The van der Waals surface area contributed by atoms with Gasteiger partial charge in [-0.05, 0) is 49.1 Å². The molecule has 26 heavy (non-hydrogen) atoms. The number of carbonyl (C=O) groups is 1. The Balaban J connectivity index is 1.55. The van der Waals surface area contributed by atoms with Gasteiger partial charge in [0.2, 0.25) is 5.91 Å². The normalized spacial score (nSPS) is 44.6. The molecule has 2 N–H and O–H groups in total. The van der Waals surface area contributed by atoms with Gasteiger partial charge in [0.1, 0.15) is 0 Å². The van der Waals surface area contributed by atoms with Crippen LogP contribution in [-0.2, 0) is 14.9 Å². The number of amides is 1. The number of benzene rings is 1. The van der Waals surface area contributed by atoms with Gasteiger partial charge in [-0.15, -0.1) is 0 Å². The molecule has 0 aromatic heterocycles. The Hall–Kier alpha value is -1.85. The molecule has 134 valence electrons. The van der Waals surface area contributed by atoms with Crippen molar-refractivity contribution in [3.8, 4) is 0 Å². The summed E-state index contributed by atoms with van der Waals surface area (Å²) in [5.74, 6) is 1.23. The molecule has 1 aromatic carbocycles. The molecular formula is C21H23N3O2.